The number of aromatic hydroxyl groups is 1. The second kappa shape index (κ2) is 4.16. The number of aliphatic carboxylic acids is 1. The molecule has 0 radical (unpaired) electrons. The second-order valence-electron chi connectivity index (χ2n) is 3.07. The average molecular weight is 214 g/mol. The smallest absolute Gasteiger partial charge is 0.310 e. The van der Waals surface area contributed by atoms with Crippen LogP contribution in [0.3, 0.4) is 0 Å². The highest BCUT2D eigenvalue weighted by molar-refractivity contribution is 5.77. The number of carboxylic acids is 1. The topological polar surface area (TPSA) is 66.8 Å². The molecule has 0 aliphatic heterocycles. The summed E-state index contributed by atoms with van der Waals surface area (Å²) in [7, 11) is 1.27. The van der Waals surface area contributed by atoms with Crippen molar-refractivity contribution in [1.29, 1.82) is 0 Å². The monoisotopic (exact) mass is 214 g/mol. The molecule has 5 heteroatoms. The zero-order valence-corrected chi connectivity index (χ0v) is 8.32. The lowest BCUT2D eigenvalue weighted by Gasteiger charge is -2.12. The molecule has 1 aromatic carbocycles. The van der Waals surface area contributed by atoms with E-state index in [-0.39, 0.29) is 17.1 Å². The maximum absolute atomic E-state index is 13.6. The van der Waals surface area contributed by atoms with Gasteiger partial charge in [-0.3, -0.25) is 4.79 Å². The highest BCUT2D eigenvalue weighted by Gasteiger charge is 2.24. The van der Waals surface area contributed by atoms with E-state index in [0.717, 1.165) is 0 Å². The molecule has 0 spiro atoms. The molecule has 1 unspecified atom stereocenters. The van der Waals surface area contributed by atoms with Crippen LogP contribution in [0, 0.1) is 5.82 Å². The number of phenols is 1. The Kier molecular flexibility index (Phi) is 3.14. The van der Waals surface area contributed by atoms with E-state index in [4.69, 9.17) is 9.84 Å². The van der Waals surface area contributed by atoms with Gasteiger partial charge in [-0.25, -0.2) is 4.39 Å². The number of methoxy groups -OCH3 is 1. The van der Waals surface area contributed by atoms with Crippen molar-refractivity contribution in [2.45, 2.75) is 12.8 Å². The molecule has 1 atom stereocenters. The Morgan fingerprint density at radius 3 is 2.60 bits per heavy atom. The summed E-state index contributed by atoms with van der Waals surface area (Å²) in [5.74, 6) is -3.65. The Balaban J connectivity index is 3.32. The number of benzene rings is 1. The predicted octanol–water partition coefficient (Wildman–Crippen LogP) is 1.73. The molecular formula is C10H11FO4. The van der Waals surface area contributed by atoms with E-state index >= 15 is 0 Å². The van der Waals surface area contributed by atoms with E-state index in [2.05, 4.69) is 0 Å². The molecule has 0 amide bonds. The van der Waals surface area contributed by atoms with Crippen LogP contribution in [-0.4, -0.2) is 23.3 Å². The number of carbonyl (C=O) groups is 1. The first-order valence-corrected chi connectivity index (χ1v) is 4.27. The number of hydrogen-bond acceptors (Lipinski definition) is 3. The van der Waals surface area contributed by atoms with Crippen LogP contribution in [0.4, 0.5) is 4.39 Å². The largest absolute Gasteiger partial charge is 0.508 e. The lowest BCUT2D eigenvalue weighted by atomic mass is 9.99. The number of carboxylic acid groups (broad SMARTS) is 1. The normalized spacial score (nSPS) is 12.2. The van der Waals surface area contributed by atoms with E-state index in [1.165, 1.54) is 26.2 Å². The lowest BCUT2D eigenvalue weighted by molar-refractivity contribution is -0.138. The number of hydrogen-bond donors (Lipinski definition) is 2. The SMILES string of the molecule is COc1ccc(O)c(C(C)C(=O)O)c1F. The van der Waals surface area contributed by atoms with E-state index < -0.39 is 17.7 Å². The van der Waals surface area contributed by atoms with Gasteiger partial charge in [0.05, 0.1) is 13.0 Å². The molecule has 82 valence electrons. The number of rotatable bonds is 3. The van der Waals surface area contributed by atoms with Gasteiger partial charge in [-0.2, -0.15) is 0 Å². The van der Waals surface area contributed by atoms with Crippen molar-refractivity contribution in [2.75, 3.05) is 7.11 Å². The van der Waals surface area contributed by atoms with Crippen molar-refractivity contribution in [3.8, 4) is 11.5 Å². The minimum Gasteiger partial charge on any atom is -0.508 e. The van der Waals surface area contributed by atoms with Crippen LogP contribution in [0.25, 0.3) is 0 Å². The van der Waals surface area contributed by atoms with Crippen LogP contribution < -0.4 is 4.74 Å². The van der Waals surface area contributed by atoms with Crippen LogP contribution in [0.5, 0.6) is 11.5 Å². The Hall–Kier alpha value is -1.78. The molecule has 15 heavy (non-hydrogen) atoms. The molecule has 0 aliphatic rings. The fraction of sp³-hybridized carbons (Fsp3) is 0.300. The molecule has 0 fully saturated rings. The van der Waals surface area contributed by atoms with Crippen LogP contribution in [0.1, 0.15) is 18.4 Å². The summed E-state index contributed by atoms with van der Waals surface area (Å²) < 4.78 is 18.3. The van der Waals surface area contributed by atoms with Crippen molar-refractivity contribution >= 4 is 5.97 Å². The first-order chi connectivity index (χ1) is 6.99. The van der Waals surface area contributed by atoms with E-state index in [9.17, 15) is 14.3 Å². The molecule has 1 aromatic rings. The van der Waals surface area contributed by atoms with Crippen molar-refractivity contribution in [3.63, 3.8) is 0 Å². The molecule has 0 heterocycles. The summed E-state index contributed by atoms with van der Waals surface area (Å²) in [5, 5.41) is 18.1. The molecule has 0 aliphatic carbocycles. The Labute approximate surface area is 85.9 Å². The summed E-state index contributed by atoms with van der Waals surface area (Å²) in [5.41, 5.74) is -0.262. The Bertz CT molecular complexity index is 389. The van der Waals surface area contributed by atoms with Gasteiger partial charge in [0.25, 0.3) is 0 Å². The third-order valence-corrected chi connectivity index (χ3v) is 2.14. The van der Waals surface area contributed by atoms with Crippen molar-refractivity contribution in [2.24, 2.45) is 0 Å². The Morgan fingerprint density at radius 1 is 1.53 bits per heavy atom. The quantitative estimate of drug-likeness (QED) is 0.804. The number of ether oxygens (including phenoxy) is 1. The van der Waals surface area contributed by atoms with Crippen molar-refractivity contribution in [1.82, 2.24) is 0 Å². The lowest BCUT2D eigenvalue weighted by Crippen LogP contribution is -2.10. The zero-order chi connectivity index (χ0) is 11.6. The van der Waals surface area contributed by atoms with E-state index in [1.807, 2.05) is 0 Å². The van der Waals surface area contributed by atoms with Gasteiger partial charge >= 0.3 is 5.97 Å². The van der Waals surface area contributed by atoms with Gasteiger partial charge in [-0.05, 0) is 19.1 Å². The number of phenolic OH excluding ortho intramolecular Hbond substituents is 1. The molecule has 4 nitrogen and oxygen atoms in total. The maximum atomic E-state index is 13.6. The summed E-state index contributed by atoms with van der Waals surface area (Å²) in [6.45, 7) is 1.29. The molecule has 0 saturated heterocycles. The van der Waals surface area contributed by atoms with Crippen LogP contribution in [0.15, 0.2) is 12.1 Å². The van der Waals surface area contributed by atoms with E-state index in [0.29, 0.717) is 0 Å². The molecular weight excluding hydrogens is 203 g/mol. The first kappa shape index (κ1) is 11.3. The highest BCUT2D eigenvalue weighted by atomic mass is 19.1. The minimum atomic E-state index is -1.21. The summed E-state index contributed by atoms with van der Waals surface area (Å²) in [4.78, 5) is 10.7. The Morgan fingerprint density at radius 2 is 2.13 bits per heavy atom. The third-order valence-electron chi connectivity index (χ3n) is 2.14. The molecule has 2 N–H and O–H groups in total. The molecule has 0 bridgehead atoms. The summed E-state index contributed by atoms with van der Waals surface area (Å²) >= 11 is 0. The molecule has 0 aromatic heterocycles. The first-order valence-electron chi connectivity index (χ1n) is 4.27. The van der Waals surface area contributed by atoms with Crippen LogP contribution in [-0.2, 0) is 4.79 Å². The zero-order valence-electron chi connectivity index (χ0n) is 8.32. The summed E-state index contributed by atoms with van der Waals surface area (Å²) in [6, 6.07) is 2.44. The van der Waals surface area contributed by atoms with E-state index in [1.54, 1.807) is 0 Å². The standard InChI is InChI=1S/C10H11FO4/c1-5(10(13)14)8-6(12)3-4-7(15-2)9(8)11/h3-5,12H,1-2H3,(H,13,14). The predicted molar refractivity (Wildman–Crippen MR) is 50.7 cm³/mol. The highest BCUT2D eigenvalue weighted by Crippen LogP contribution is 2.33. The molecule has 0 saturated carbocycles. The van der Waals surface area contributed by atoms with Gasteiger partial charge in [0.2, 0.25) is 0 Å². The molecule has 1 rings (SSSR count). The minimum absolute atomic E-state index is 0.0871. The number of halogens is 1. The van der Waals surface area contributed by atoms with Crippen LogP contribution >= 0.6 is 0 Å². The summed E-state index contributed by atoms with van der Waals surface area (Å²) in [6.07, 6.45) is 0. The average Bonchev–Trinajstić information content (AvgIpc) is 2.17. The van der Waals surface area contributed by atoms with Crippen molar-refractivity contribution in [3.05, 3.63) is 23.5 Å². The third kappa shape index (κ3) is 2.01. The van der Waals surface area contributed by atoms with Gasteiger partial charge in [0.15, 0.2) is 11.6 Å². The fourth-order valence-electron chi connectivity index (χ4n) is 1.26. The fourth-order valence-corrected chi connectivity index (χ4v) is 1.26. The maximum Gasteiger partial charge on any atom is 0.310 e. The van der Waals surface area contributed by atoms with Gasteiger partial charge in [0.1, 0.15) is 5.75 Å². The van der Waals surface area contributed by atoms with Gasteiger partial charge in [-0.1, -0.05) is 0 Å². The second-order valence-corrected chi connectivity index (χ2v) is 3.07. The van der Waals surface area contributed by atoms with Crippen molar-refractivity contribution < 1.29 is 24.1 Å². The van der Waals surface area contributed by atoms with Gasteiger partial charge in [-0.15, -0.1) is 0 Å². The van der Waals surface area contributed by atoms with Crippen LogP contribution in [0.2, 0.25) is 0 Å². The van der Waals surface area contributed by atoms with Gasteiger partial charge in [0, 0.05) is 5.56 Å². The van der Waals surface area contributed by atoms with Gasteiger partial charge < -0.3 is 14.9 Å².